The highest BCUT2D eigenvalue weighted by Gasteiger charge is 2.52. The lowest BCUT2D eigenvalue weighted by atomic mass is 9.99. The fourth-order valence-corrected chi connectivity index (χ4v) is 6.29. The fourth-order valence-electron chi connectivity index (χ4n) is 5.10. The number of fused-ring (bicyclic) bond motifs is 1. The molecular weight excluding hydrogens is 616 g/mol. The van der Waals surface area contributed by atoms with Gasteiger partial charge in [0, 0.05) is 27.7 Å². The van der Waals surface area contributed by atoms with Crippen LogP contribution in [0.15, 0.2) is 53.7 Å². The third-order valence-corrected chi connectivity index (χ3v) is 8.20. The van der Waals surface area contributed by atoms with E-state index in [4.69, 9.17) is 33.4 Å². The largest absolute Gasteiger partial charge is 0.494 e. The van der Waals surface area contributed by atoms with Gasteiger partial charge >= 0.3 is 23.9 Å². The van der Waals surface area contributed by atoms with Crippen molar-refractivity contribution >= 4 is 46.7 Å². The van der Waals surface area contributed by atoms with Crippen LogP contribution in [0.4, 0.5) is 0 Å². The maximum atomic E-state index is 12.3. The first-order valence-corrected chi connectivity index (χ1v) is 16.1. The first-order valence-electron chi connectivity index (χ1n) is 15.2. The molecule has 1 saturated heterocycles. The summed E-state index contributed by atoms with van der Waals surface area (Å²) in [5.41, 5.74) is 1.57. The molecule has 3 aromatic rings. The lowest BCUT2D eigenvalue weighted by molar-refractivity contribution is -0.237. The van der Waals surface area contributed by atoms with Crippen LogP contribution in [0.5, 0.6) is 5.75 Å². The van der Waals surface area contributed by atoms with E-state index >= 15 is 0 Å². The van der Waals surface area contributed by atoms with E-state index in [0.717, 1.165) is 53.4 Å². The molecule has 12 nitrogen and oxygen atoms in total. The Hall–Kier alpha value is -4.10. The number of hydrogen-bond donors (Lipinski definition) is 0. The molecule has 1 aromatic heterocycles. The van der Waals surface area contributed by atoms with Gasteiger partial charge in [0.2, 0.25) is 0 Å². The van der Waals surface area contributed by atoms with Gasteiger partial charge in [-0.05, 0) is 36.2 Å². The van der Waals surface area contributed by atoms with Crippen molar-refractivity contribution in [3.8, 4) is 5.75 Å². The van der Waals surface area contributed by atoms with E-state index in [1.54, 1.807) is 0 Å². The molecular formula is C33H40N2O10S. The Balaban J connectivity index is 1.68. The van der Waals surface area contributed by atoms with Crippen molar-refractivity contribution in [2.45, 2.75) is 95.4 Å². The molecule has 2 aromatic carbocycles. The van der Waals surface area contributed by atoms with Gasteiger partial charge in [-0.2, -0.15) is 0 Å². The molecule has 0 amide bonds. The Bertz CT molecular complexity index is 1510. The van der Waals surface area contributed by atoms with Gasteiger partial charge in [0.15, 0.2) is 28.9 Å². The number of nitrogens with zero attached hydrogens (tertiary/aromatic N) is 2. The summed E-state index contributed by atoms with van der Waals surface area (Å²) in [6.45, 7) is 7.77. The van der Waals surface area contributed by atoms with Crippen molar-refractivity contribution in [2.24, 2.45) is 0 Å². The van der Waals surface area contributed by atoms with Gasteiger partial charge in [-0.1, -0.05) is 55.8 Å². The Morgan fingerprint density at radius 1 is 0.826 bits per heavy atom. The summed E-state index contributed by atoms with van der Waals surface area (Å²) < 4.78 is 36.2. The number of benzene rings is 2. The van der Waals surface area contributed by atoms with Crippen molar-refractivity contribution in [3.63, 3.8) is 0 Å². The standard InChI is InChI=1S/C33H40N2O10S/c1-6-7-10-17-40-25-15-13-24(14-16-25)18-35-27-12-9-8-11-26(27)34-33(35)46-32-31(44-23(5)39)30(43-22(4)38)29(42-21(3)37)28(45-32)19-41-20(2)36/h8-9,11-16,28-32H,6-7,10,17-19H2,1-5H3. The summed E-state index contributed by atoms with van der Waals surface area (Å²) in [6, 6.07) is 15.5. The SMILES string of the molecule is CCCCCOc1ccc(Cn2c(SC3OC(COC(C)=O)C(OC(C)=O)C(OC(C)=O)C3OC(C)=O)nc3ccccc32)cc1. The van der Waals surface area contributed by atoms with Crippen LogP contribution < -0.4 is 4.74 Å². The molecule has 46 heavy (non-hydrogen) atoms. The number of carbonyl (C=O) groups excluding carboxylic acids is 4. The number of ether oxygens (including phenoxy) is 6. The number of imidazole rings is 1. The molecule has 1 fully saturated rings. The minimum atomic E-state index is -1.26. The lowest BCUT2D eigenvalue weighted by Crippen LogP contribution is -2.61. The van der Waals surface area contributed by atoms with Gasteiger partial charge in [0.05, 0.1) is 24.2 Å². The molecule has 0 N–H and O–H groups in total. The summed E-state index contributed by atoms with van der Waals surface area (Å²) in [4.78, 5) is 53.2. The van der Waals surface area contributed by atoms with Crippen LogP contribution in [-0.2, 0) is 49.4 Å². The molecule has 0 aliphatic carbocycles. The molecule has 1 aliphatic rings. The van der Waals surface area contributed by atoms with Crippen molar-refractivity contribution in [3.05, 3.63) is 54.1 Å². The molecule has 248 valence electrons. The molecule has 5 atom stereocenters. The molecule has 1 aliphatic heterocycles. The van der Waals surface area contributed by atoms with Gasteiger partial charge in [0.25, 0.3) is 0 Å². The zero-order valence-corrected chi connectivity index (χ0v) is 27.4. The summed E-state index contributed by atoms with van der Waals surface area (Å²) >= 11 is 1.15. The normalized spacial score (nSPS) is 20.9. The first-order chi connectivity index (χ1) is 22.0. The summed E-state index contributed by atoms with van der Waals surface area (Å²) in [6.07, 6.45) is -1.52. The summed E-state index contributed by atoms with van der Waals surface area (Å²) in [5.74, 6) is -1.84. The predicted molar refractivity (Wildman–Crippen MR) is 168 cm³/mol. The van der Waals surface area contributed by atoms with Crippen LogP contribution in [0.1, 0.15) is 59.4 Å². The van der Waals surface area contributed by atoms with Gasteiger partial charge < -0.3 is 33.0 Å². The first kappa shape index (κ1) is 34.8. The van der Waals surface area contributed by atoms with Crippen LogP contribution >= 0.6 is 11.8 Å². The molecule has 4 rings (SSSR count). The third kappa shape index (κ3) is 9.46. The maximum absolute atomic E-state index is 12.3. The average Bonchev–Trinajstić information content (AvgIpc) is 3.34. The van der Waals surface area contributed by atoms with E-state index in [1.165, 1.54) is 27.7 Å². The minimum Gasteiger partial charge on any atom is -0.494 e. The molecule has 0 saturated carbocycles. The van der Waals surface area contributed by atoms with Crippen LogP contribution in [0.25, 0.3) is 11.0 Å². The Morgan fingerprint density at radius 3 is 2.13 bits per heavy atom. The Labute approximate surface area is 272 Å². The average molecular weight is 657 g/mol. The van der Waals surface area contributed by atoms with Gasteiger partial charge in [0.1, 0.15) is 18.5 Å². The zero-order chi connectivity index (χ0) is 33.2. The molecule has 13 heteroatoms. The fraction of sp³-hybridized carbons (Fsp3) is 0.485. The number of unbranched alkanes of at least 4 members (excludes halogenated alkanes) is 2. The second-order valence-corrected chi connectivity index (χ2v) is 11.9. The maximum Gasteiger partial charge on any atom is 0.303 e. The number of para-hydroxylation sites is 2. The van der Waals surface area contributed by atoms with Crippen molar-refractivity contribution in [2.75, 3.05) is 13.2 Å². The second kappa shape index (κ2) is 16.5. The van der Waals surface area contributed by atoms with Crippen molar-refractivity contribution in [1.82, 2.24) is 9.55 Å². The third-order valence-electron chi connectivity index (χ3n) is 7.07. The predicted octanol–water partition coefficient (Wildman–Crippen LogP) is 4.83. The highest BCUT2D eigenvalue weighted by Crippen LogP contribution is 2.38. The molecule has 0 bridgehead atoms. The highest BCUT2D eigenvalue weighted by atomic mass is 32.2. The zero-order valence-electron chi connectivity index (χ0n) is 26.6. The monoisotopic (exact) mass is 656 g/mol. The number of esters is 4. The number of aromatic nitrogens is 2. The molecule has 0 spiro atoms. The Kier molecular flexibility index (Phi) is 12.4. The van der Waals surface area contributed by atoms with Gasteiger partial charge in [-0.25, -0.2) is 4.98 Å². The van der Waals surface area contributed by atoms with Gasteiger partial charge in [-0.15, -0.1) is 0 Å². The number of thioether (sulfide) groups is 1. The van der Waals surface area contributed by atoms with E-state index < -0.39 is 53.7 Å². The quantitative estimate of drug-likeness (QED) is 0.133. The van der Waals surface area contributed by atoms with Crippen LogP contribution in [0.2, 0.25) is 0 Å². The van der Waals surface area contributed by atoms with Crippen molar-refractivity contribution < 1.29 is 47.6 Å². The van der Waals surface area contributed by atoms with E-state index in [9.17, 15) is 19.2 Å². The number of rotatable bonds is 14. The van der Waals surface area contributed by atoms with Crippen LogP contribution in [0.3, 0.4) is 0 Å². The highest BCUT2D eigenvalue weighted by molar-refractivity contribution is 7.99. The number of carbonyl (C=O) groups is 4. The topological polar surface area (TPSA) is 141 Å². The molecule has 2 heterocycles. The van der Waals surface area contributed by atoms with E-state index in [1.807, 2.05) is 53.1 Å². The second-order valence-electron chi connectivity index (χ2n) is 10.9. The van der Waals surface area contributed by atoms with Crippen molar-refractivity contribution in [1.29, 1.82) is 0 Å². The van der Waals surface area contributed by atoms with Crippen LogP contribution in [-0.4, -0.2) is 76.5 Å². The Morgan fingerprint density at radius 2 is 1.48 bits per heavy atom. The minimum absolute atomic E-state index is 0.307. The lowest BCUT2D eigenvalue weighted by Gasteiger charge is -2.44. The van der Waals surface area contributed by atoms with Gasteiger partial charge in [-0.3, -0.25) is 19.2 Å². The molecule has 5 unspecified atom stereocenters. The van der Waals surface area contributed by atoms with Crippen LogP contribution in [0, 0.1) is 0 Å². The molecule has 0 radical (unpaired) electrons. The van der Waals surface area contributed by atoms with E-state index in [-0.39, 0.29) is 6.61 Å². The summed E-state index contributed by atoms with van der Waals surface area (Å²) in [5, 5.41) is 0.530. The summed E-state index contributed by atoms with van der Waals surface area (Å²) in [7, 11) is 0. The smallest absolute Gasteiger partial charge is 0.303 e. The van der Waals surface area contributed by atoms with E-state index in [0.29, 0.717) is 18.3 Å². The number of hydrogen-bond acceptors (Lipinski definition) is 12. The van der Waals surface area contributed by atoms with E-state index in [2.05, 4.69) is 6.92 Å².